The number of rotatable bonds is 2. The van der Waals surface area contributed by atoms with Crippen molar-refractivity contribution in [3.63, 3.8) is 0 Å². The zero-order valence-corrected chi connectivity index (χ0v) is 14.1. The Balaban J connectivity index is 2.13. The van der Waals surface area contributed by atoms with Gasteiger partial charge in [-0.2, -0.15) is 0 Å². The molecule has 4 rings (SSSR count). The molecule has 0 aromatic heterocycles. The van der Waals surface area contributed by atoms with Crippen LogP contribution in [0.4, 0.5) is 5.69 Å². The molecule has 3 aromatic carbocycles. The molecular formula is C21H17NOS. The third-order valence-corrected chi connectivity index (χ3v) is 5.09. The molecule has 0 radical (unpaired) electrons. The minimum Gasteiger partial charge on any atom is -0.508 e. The van der Waals surface area contributed by atoms with Crippen LogP contribution in [0.3, 0.4) is 0 Å². The molecule has 3 aromatic rings. The van der Waals surface area contributed by atoms with Crippen molar-refractivity contribution in [1.82, 2.24) is 0 Å². The van der Waals surface area contributed by atoms with E-state index in [2.05, 4.69) is 23.5 Å². The van der Waals surface area contributed by atoms with Crippen molar-refractivity contribution in [2.24, 2.45) is 0 Å². The first-order valence-electron chi connectivity index (χ1n) is 7.90. The van der Waals surface area contributed by atoms with Crippen LogP contribution in [0.5, 0.6) is 5.75 Å². The molecule has 24 heavy (non-hydrogen) atoms. The van der Waals surface area contributed by atoms with Gasteiger partial charge in [-0.25, -0.2) is 0 Å². The van der Waals surface area contributed by atoms with Crippen LogP contribution in [-0.4, -0.2) is 10.1 Å². The summed E-state index contributed by atoms with van der Waals surface area (Å²) < 4.78 is 0. The molecule has 0 spiro atoms. The molecule has 0 saturated heterocycles. The van der Waals surface area contributed by atoms with E-state index in [4.69, 9.17) is 12.2 Å². The first-order valence-corrected chi connectivity index (χ1v) is 8.31. The second kappa shape index (κ2) is 5.46. The molecule has 0 aliphatic carbocycles. The van der Waals surface area contributed by atoms with Crippen LogP contribution >= 0.6 is 12.2 Å². The van der Waals surface area contributed by atoms with Gasteiger partial charge in [0.05, 0.1) is 4.99 Å². The number of aryl methyl sites for hydroxylation is 1. The van der Waals surface area contributed by atoms with Crippen LogP contribution in [-0.2, 0) is 5.41 Å². The number of fused-ring (bicyclic) bond motifs is 1. The Morgan fingerprint density at radius 1 is 0.875 bits per heavy atom. The average molecular weight is 331 g/mol. The second-order valence-corrected chi connectivity index (χ2v) is 6.54. The molecule has 1 aliphatic heterocycles. The van der Waals surface area contributed by atoms with Crippen molar-refractivity contribution >= 4 is 22.9 Å². The highest BCUT2D eigenvalue weighted by Crippen LogP contribution is 2.50. The number of benzene rings is 3. The van der Waals surface area contributed by atoms with E-state index < -0.39 is 5.41 Å². The van der Waals surface area contributed by atoms with Gasteiger partial charge >= 0.3 is 0 Å². The van der Waals surface area contributed by atoms with E-state index in [1.807, 2.05) is 55.5 Å². The predicted molar refractivity (Wildman–Crippen MR) is 102 cm³/mol. The second-order valence-electron chi connectivity index (χ2n) is 6.14. The fourth-order valence-corrected chi connectivity index (χ4v) is 4.05. The first kappa shape index (κ1) is 14.9. The van der Waals surface area contributed by atoms with Gasteiger partial charge < -0.3 is 10.4 Å². The fourth-order valence-electron chi connectivity index (χ4n) is 3.61. The molecule has 0 bridgehead atoms. The standard InChI is InChI=1S/C21H17NOS/c1-14-11-12-19(23)17(13-14)21(15-7-3-2-4-8-15)16-9-5-6-10-18(16)22-20(21)24/h2-13,23H,1H3,(H,22,24)/t21-/m0/s1. The monoisotopic (exact) mass is 331 g/mol. The summed E-state index contributed by atoms with van der Waals surface area (Å²) in [6.07, 6.45) is 0. The van der Waals surface area contributed by atoms with E-state index in [-0.39, 0.29) is 5.75 Å². The quantitative estimate of drug-likeness (QED) is 0.662. The molecule has 118 valence electrons. The van der Waals surface area contributed by atoms with Crippen molar-refractivity contribution in [2.75, 3.05) is 5.32 Å². The molecule has 3 heteroatoms. The van der Waals surface area contributed by atoms with Gasteiger partial charge in [0.1, 0.15) is 11.2 Å². The summed E-state index contributed by atoms with van der Waals surface area (Å²) in [7, 11) is 0. The summed E-state index contributed by atoms with van der Waals surface area (Å²) in [5.74, 6) is 0.255. The van der Waals surface area contributed by atoms with Crippen molar-refractivity contribution < 1.29 is 5.11 Å². The minimum absolute atomic E-state index is 0.255. The molecule has 0 amide bonds. The molecule has 0 unspecified atom stereocenters. The van der Waals surface area contributed by atoms with Gasteiger partial charge in [0.25, 0.3) is 0 Å². The van der Waals surface area contributed by atoms with E-state index in [9.17, 15) is 5.11 Å². The topological polar surface area (TPSA) is 32.3 Å². The lowest BCUT2D eigenvalue weighted by atomic mass is 9.70. The van der Waals surface area contributed by atoms with Crippen molar-refractivity contribution in [2.45, 2.75) is 12.3 Å². The zero-order valence-electron chi connectivity index (χ0n) is 13.3. The molecule has 1 heterocycles. The van der Waals surface area contributed by atoms with Gasteiger partial charge in [-0.1, -0.05) is 78.4 Å². The summed E-state index contributed by atoms with van der Waals surface area (Å²) in [6, 6.07) is 23.9. The lowest BCUT2D eigenvalue weighted by Crippen LogP contribution is -2.35. The molecule has 1 atom stereocenters. The molecule has 2 N–H and O–H groups in total. The van der Waals surface area contributed by atoms with Crippen LogP contribution in [0.15, 0.2) is 72.8 Å². The third-order valence-electron chi connectivity index (χ3n) is 4.68. The van der Waals surface area contributed by atoms with Crippen molar-refractivity contribution in [3.05, 3.63) is 95.1 Å². The molecule has 0 saturated carbocycles. The summed E-state index contributed by atoms with van der Waals surface area (Å²) in [5, 5.41) is 14.0. The number of aromatic hydroxyl groups is 1. The smallest absolute Gasteiger partial charge is 0.120 e. The lowest BCUT2D eigenvalue weighted by Gasteiger charge is -2.32. The third kappa shape index (κ3) is 1.98. The number of phenols is 1. The van der Waals surface area contributed by atoms with E-state index in [0.29, 0.717) is 4.99 Å². The van der Waals surface area contributed by atoms with Crippen LogP contribution < -0.4 is 5.32 Å². The maximum Gasteiger partial charge on any atom is 0.120 e. The maximum absolute atomic E-state index is 10.7. The minimum atomic E-state index is -0.677. The number of hydrogen-bond donors (Lipinski definition) is 2. The van der Waals surface area contributed by atoms with E-state index in [1.165, 1.54) is 0 Å². The number of thiocarbonyl (C=S) groups is 1. The number of hydrogen-bond acceptors (Lipinski definition) is 2. The average Bonchev–Trinajstić information content (AvgIpc) is 2.90. The highest BCUT2D eigenvalue weighted by atomic mass is 32.1. The highest BCUT2D eigenvalue weighted by molar-refractivity contribution is 7.80. The molecule has 2 nitrogen and oxygen atoms in total. The van der Waals surface area contributed by atoms with Crippen LogP contribution in [0.1, 0.15) is 22.3 Å². The van der Waals surface area contributed by atoms with Crippen LogP contribution in [0, 0.1) is 6.92 Å². The van der Waals surface area contributed by atoms with E-state index in [0.717, 1.165) is 27.9 Å². The Morgan fingerprint density at radius 3 is 2.38 bits per heavy atom. The SMILES string of the molecule is Cc1ccc(O)c([C@@]2(c3ccccc3)C(=S)Nc3ccccc32)c1. The normalized spacial score (nSPS) is 19.0. The maximum atomic E-state index is 10.7. The Hall–Kier alpha value is -2.65. The highest BCUT2D eigenvalue weighted by Gasteiger charge is 2.48. The number of para-hydroxylation sites is 1. The molecular weight excluding hydrogens is 314 g/mol. The molecule has 1 aliphatic rings. The first-order chi connectivity index (χ1) is 11.6. The van der Waals surface area contributed by atoms with Gasteiger partial charge in [0, 0.05) is 11.3 Å². The molecule has 0 fully saturated rings. The van der Waals surface area contributed by atoms with E-state index >= 15 is 0 Å². The number of anilines is 1. The fraction of sp³-hybridized carbons (Fsp3) is 0.0952. The van der Waals surface area contributed by atoms with E-state index in [1.54, 1.807) is 6.07 Å². The summed E-state index contributed by atoms with van der Waals surface area (Å²) in [6.45, 7) is 2.03. The summed E-state index contributed by atoms with van der Waals surface area (Å²) >= 11 is 5.80. The lowest BCUT2D eigenvalue weighted by molar-refractivity contribution is 0.464. The van der Waals surface area contributed by atoms with Gasteiger partial charge in [0.2, 0.25) is 0 Å². The number of phenolic OH excluding ortho intramolecular Hbond substituents is 1. The summed E-state index contributed by atoms with van der Waals surface area (Å²) in [4.78, 5) is 0.691. The van der Waals surface area contributed by atoms with Crippen LogP contribution in [0.2, 0.25) is 0 Å². The van der Waals surface area contributed by atoms with Gasteiger partial charge in [-0.05, 0) is 30.2 Å². The Bertz CT molecular complexity index is 936. The van der Waals surface area contributed by atoms with Crippen molar-refractivity contribution in [1.29, 1.82) is 0 Å². The number of nitrogens with one attached hydrogen (secondary N) is 1. The Kier molecular flexibility index (Phi) is 3.39. The predicted octanol–water partition coefficient (Wildman–Crippen LogP) is 4.79. The zero-order chi connectivity index (χ0) is 16.7. The van der Waals surface area contributed by atoms with Gasteiger partial charge in [0.15, 0.2) is 0 Å². The summed E-state index contributed by atoms with van der Waals surface area (Å²) in [5.41, 5.74) is 4.34. The van der Waals surface area contributed by atoms with Crippen molar-refractivity contribution in [3.8, 4) is 5.75 Å². The van der Waals surface area contributed by atoms with Gasteiger partial charge in [-0.15, -0.1) is 0 Å². The Morgan fingerprint density at radius 2 is 1.58 bits per heavy atom. The van der Waals surface area contributed by atoms with Gasteiger partial charge in [-0.3, -0.25) is 0 Å². The van der Waals surface area contributed by atoms with Crippen LogP contribution in [0.25, 0.3) is 0 Å². The largest absolute Gasteiger partial charge is 0.508 e. The Labute approximate surface area is 146 Å².